The van der Waals surface area contributed by atoms with Gasteiger partial charge in [-0.05, 0) is 81.0 Å². The first-order chi connectivity index (χ1) is 11.2. The minimum absolute atomic E-state index is 0.103. The van der Waals surface area contributed by atoms with E-state index in [1.165, 1.54) is 32.1 Å². The van der Waals surface area contributed by atoms with Crippen LogP contribution in [-0.4, -0.2) is 26.3 Å². The summed E-state index contributed by atoms with van der Waals surface area (Å²) >= 11 is 2.56. The SMILES string of the molecule is CC(C)C(O)C(C)CC[C@@H](CCC(O)C1CCC(I)CC1)C(C)C. The van der Waals surface area contributed by atoms with Gasteiger partial charge in [-0.15, -0.1) is 0 Å². The zero-order chi connectivity index (χ0) is 18.3. The maximum Gasteiger partial charge on any atom is 0.0588 e. The summed E-state index contributed by atoms with van der Waals surface area (Å²) in [5, 5.41) is 20.8. The zero-order valence-electron chi connectivity index (χ0n) is 16.5. The lowest BCUT2D eigenvalue weighted by Crippen LogP contribution is -2.27. The van der Waals surface area contributed by atoms with Gasteiger partial charge in [0.05, 0.1) is 12.2 Å². The Balaban J connectivity index is 2.37. The summed E-state index contributed by atoms with van der Waals surface area (Å²) in [6.07, 6.45) is 9.04. The quantitative estimate of drug-likeness (QED) is 0.324. The molecule has 144 valence electrons. The monoisotopic (exact) mass is 452 g/mol. The topological polar surface area (TPSA) is 40.5 Å². The maximum absolute atomic E-state index is 10.6. The van der Waals surface area contributed by atoms with Crippen LogP contribution in [0.3, 0.4) is 0 Å². The zero-order valence-corrected chi connectivity index (χ0v) is 18.7. The number of alkyl halides is 1. The predicted octanol–water partition coefficient (Wildman–Crippen LogP) is 5.83. The fourth-order valence-corrected chi connectivity index (χ4v) is 4.92. The Bertz CT molecular complexity index is 324. The van der Waals surface area contributed by atoms with Crippen LogP contribution in [0.25, 0.3) is 0 Å². The molecule has 1 aliphatic rings. The second-order valence-corrected chi connectivity index (χ2v) is 10.7. The summed E-state index contributed by atoms with van der Waals surface area (Å²) in [5.41, 5.74) is 0. The first-order valence-electron chi connectivity index (χ1n) is 10.2. The Morgan fingerprint density at radius 2 is 1.33 bits per heavy atom. The number of hydrogen-bond acceptors (Lipinski definition) is 2. The number of aliphatic hydroxyl groups is 2. The molecule has 0 aromatic carbocycles. The van der Waals surface area contributed by atoms with Crippen LogP contribution in [0.1, 0.15) is 86.0 Å². The van der Waals surface area contributed by atoms with Crippen molar-refractivity contribution in [3.8, 4) is 0 Å². The molecule has 3 unspecified atom stereocenters. The molecule has 0 spiro atoms. The molecule has 0 aromatic rings. The van der Waals surface area contributed by atoms with Crippen molar-refractivity contribution in [2.45, 2.75) is 102 Å². The second-order valence-electron chi connectivity index (χ2n) is 8.95. The van der Waals surface area contributed by atoms with E-state index in [0.29, 0.717) is 29.6 Å². The smallest absolute Gasteiger partial charge is 0.0588 e. The highest BCUT2D eigenvalue weighted by Gasteiger charge is 2.27. The molecule has 1 aliphatic carbocycles. The fourth-order valence-electron chi connectivity index (χ4n) is 4.20. The van der Waals surface area contributed by atoms with Gasteiger partial charge in [0.2, 0.25) is 0 Å². The van der Waals surface area contributed by atoms with Crippen molar-refractivity contribution in [2.75, 3.05) is 0 Å². The molecule has 2 nitrogen and oxygen atoms in total. The summed E-state index contributed by atoms with van der Waals surface area (Å²) in [6.45, 7) is 11.0. The van der Waals surface area contributed by atoms with Crippen molar-refractivity contribution < 1.29 is 10.2 Å². The van der Waals surface area contributed by atoms with Crippen LogP contribution in [0.2, 0.25) is 0 Å². The van der Waals surface area contributed by atoms with E-state index in [4.69, 9.17) is 0 Å². The van der Waals surface area contributed by atoms with Crippen LogP contribution in [0.15, 0.2) is 0 Å². The van der Waals surface area contributed by atoms with E-state index in [1.54, 1.807) is 0 Å². The summed E-state index contributed by atoms with van der Waals surface area (Å²) in [6, 6.07) is 0. The van der Waals surface area contributed by atoms with Crippen molar-refractivity contribution >= 4 is 22.6 Å². The van der Waals surface area contributed by atoms with E-state index in [9.17, 15) is 10.2 Å². The molecule has 24 heavy (non-hydrogen) atoms. The molecule has 0 bridgehead atoms. The van der Waals surface area contributed by atoms with Crippen LogP contribution < -0.4 is 0 Å². The second kappa shape index (κ2) is 11.4. The highest BCUT2D eigenvalue weighted by molar-refractivity contribution is 14.1. The van der Waals surface area contributed by atoms with E-state index in [1.807, 2.05) is 0 Å². The van der Waals surface area contributed by atoms with Crippen LogP contribution in [0.4, 0.5) is 0 Å². The first-order valence-corrected chi connectivity index (χ1v) is 11.5. The summed E-state index contributed by atoms with van der Waals surface area (Å²) < 4.78 is 0.823. The Hall–Kier alpha value is 0.650. The van der Waals surface area contributed by atoms with Crippen LogP contribution in [-0.2, 0) is 0 Å². The number of rotatable bonds is 10. The Morgan fingerprint density at radius 1 is 0.792 bits per heavy atom. The van der Waals surface area contributed by atoms with Crippen molar-refractivity contribution in [1.82, 2.24) is 0 Å². The summed E-state index contributed by atoms with van der Waals surface area (Å²) in [5.74, 6) is 2.57. The molecule has 0 radical (unpaired) electrons. The molecule has 0 aromatic heterocycles. The average Bonchev–Trinajstić information content (AvgIpc) is 2.53. The molecule has 0 aliphatic heterocycles. The molecule has 1 rings (SSSR count). The van der Waals surface area contributed by atoms with Gasteiger partial charge in [0.15, 0.2) is 0 Å². The van der Waals surface area contributed by atoms with Gasteiger partial charge in [-0.3, -0.25) is 0 Å². The molecule has 1 fully saturated rings. The lowest BCUT2D eigenvalue weighted by Gasteiger charge is -2.31. The normalized spacial score (nSPS) is 27.2. The van der Waals surface area contributed by atoms with Crippen molar-refractivity contribution in [3.63, 3.8) is 0 Å². The van der Waals surface area contributed by atoms with Gasteiger partial charge in [-0.25, -0.2) is 0 Å². The minimum atomic E-state index is -0.188. The molecule has 0 heterocycles. The average molecular weight is 452 g/mol. The first kappa shape index (κ1) is 22.7. The van der Waals surface area contributed by atoms with Crippen molar-refractivity contribution in [1.29, 1.82) is 0 Å². The third-order valence-corrected chi connectivity index (χ3v) is 7.53. The van der Waals surface area contributed by atoms with Gasteiger partial charge in [0.25, 0.3) is 0 Å². The lowest BCUT2D eigenvalue weighted by molar-refractivity contribution is 0.0575. The van der Waals surface area contributed by atoms with Crippen molar-refractivity contribution in [2.24, 2.45) is 29.6 Å². The Labute approximate surface area is 164 Å². The van der Waals surface area contributed by atoms with Crippen molar-refractivity contribution in [3.05, 3.63) is 0 Å². The van der Waals surface area contributed by atoms with Crippen LogP contribution in [0.5, 0.6) is 0 Å². The highest BCUT2D eigenvalue weighted by Crippen LogP contribution is 2.34. The van der Waals surface area contributed by atoms with Gasteiger partial charge in [-0.2, -0.15) is 0 Å². The highest BCUT2D eigenvalue weighted by atomic mass is 127. The van der Waals surface area contributed by atoms with E-state index < -0.39 is 0 Å². The fraction of sp³-hybridized carbons (Fsp3) is 1.00. The van der Waals surface area contributed by atoms with Gasteiger partial charge in [-0.1, -0.05) is 57.2 Å². The molecular weight excluding hydrogens is 411 g/mol. The summed E-state index contributed by atoms with van der Waals surface area (Å²) in [4.78, 5) is 0. The molecular formula is C21H41IO2. The van der Waals surface area contributed by atoms with E-state index in [-0.39, 0.29) is 12.2 Å². The molecule has 2 N–H and O–H groups in total. The third-order valence-electron chi connectivity index (χ3n) is 6.28. The lowest BCUT2D eigenvalue weighted by atomic mass is 9.79. The standard InChI is InChI=1S/C21H41IO2/c1-14(2)17(7-6-16(5)21(24)15(3)4)10-13-20(23)18-8-11-19(22)12-9-18/h14-21,23-24H,6-13H2,1-5H3/t16?,17-,18?,19?,20?,21?/m0/s1. The molecule has 0 amide bonds. The molecule has 4 atom stereocenters. The minimum Gasteiger partial charge on any atom is -0.393 e. The van der Waals surface area contributed by atoms with E-state index in [2.05, 4.69) is 57.2 Å². The van der Waals surface area contributed by atoms with Gasteiger partial charge >= 0.3 is 0 Å². The summed E-state index contributed by atoms with van der Waals surface area (Å²) in [7, 11) is 0. The Kier molecular flexibility index (Phi) is 10.8. The Morgan fingerprint density at radius 3 is 1.83 bits per heavy atom. The van der Waals surface area contributed by atoms with Gasteiger partial charge in [0, 0.05) is 3.92 Å². The van der Waals surface area contributed by atoms with E-state index in [0.717, 1.165) is 23.2 Å². The van der Waals surface area contributed by atoms with Gasteiger partial charge in [0.1, 0.15) is 0 Å². The third kappa shape index (κ3) is 7.90. The molecule has 0 saturated heterocycles. The van der Waals surface area contributed by atoms with Crippen LogP contribution in [0, 0.1) is 29.6 Å². The predicted molar refractivity (Wildman–Crippen MR) is 113 cm³/mol. The van der Waals surface area contributed by atoms with Gasteiger partial charge < -0.3 is 10.2 Å². The largest absolute Gasteiger partial charge is 0.393 e. The number of aliphatic hydroxyl groups excluding tert-OH is 2. The molecule has 1 saturated carbocycles. The van der Waals surface area contributed by atoms with E-state index >= 15 is 0 Å². The molecule has 3 heteroatoms. The van der Waals surface area contributed by atoms with Crippen LogP contribution >= 0.6 is 22.6 Å². The number of halogens is 1. The number of hydrogen-bond donors (Lipinski definition) is 2. The maximum atomic E-state index is 10.6.